The normalized spacial score (nSPS) is 14.8. The second kappa shape index (κ2) is 11.5. The van der Waals surface area contributed by atoms with Gasteiger partial charge in [-0.3, -0.25) is 0 Å². The van der Waals surface area contributed by atoms with Crippen LogP contribution in [0.1, 0.15) is 60.9 Å². The van der Waals surface area contributed by atoms with E-state index < -0.39 is 0 Å². The first-order valence-electron chi connectivity index (χ1n) is 12.7. The van der Waals surface area contributed by atoms with E-state index in [-0.39, 0.29) is 0 Å². The van der Waals surface area contributed by atoms with Crippen LogP contribution in [0.15, 0.2) is 60.9 Å². The lowest BCUT2D eigenvalue weighted by atomic mass is 10.1. The summed E-state index contributed by atoms with van der Waals surface area (Å²) in [5.74, 6) is 8.58. The van der Waals surface area contributed by atoms with Gasteiger partial charge in [0.1, 0.15) is 11.6 Å². The van der Waals surface area contributed by atoms with Gasteiger partial charge in [0, 0.05) is 24.0 Å². The van der Waals surface area contributed by atoms with Crippen molar-refractivity contribution >= 4 is 0 Å². The minimum Gasteiger partial charge on any atom is -0.342 e. The summed E-state index contributed by atoms with van der Waals surface area (Å²) in [6, 6.07) is 16.9. The number of rotatable bonds is 8. The molecule has 0 amide bonds. The van der Waals surface area contributed by atoms with Crippen LogP contribution in [0.3, 0.4) is 0 Å². The van der Waals surface area contributed by atoms with E-state index in [1.807, 2.05) is 12.4 Å². The number of H-pyrrole nitrogens is 2. The maximum absolute atomic E-state index is 5.18. The highest BCUT2D eigenvalue weighted by Crippen LogP contribution is 2.24. The van der Waals surface area contributed by atoms with Crippen molar-refractivity contribution in [3.8, 4) is 40.9 Å². The zero-order chi connectivity index (χ0) is 24.6. The minimum atomic E-state index is 0.346. The Morgan fingerprint density at radius 1 is 0.833 bits per heavy atom. The molecule has 1 saturated heterocycles. The summed E-state index contributed by atoms with van der Waals surface area (Å²) < 4.78 is 0. The smallest absolute Gasteiger partial charge is 0.263 e. The van der Waals surface area contributed by atoms with Crippen molar-refractivity contribution < 1.29 is 0 Å². The number of nitrogens with one attached hydrogen (secondary N) is 3. The van der Waals surface area contributed by atoms with Gasteiger partial charge in [0.25, 0.3) is 13.1 Å². The summed E-state index contributed by atoms with van der Waals surface area (Å²) >= 11 is 0. The average molecular weight is 476 g/mol. The monoisotopic (exact) mass is 475 g/mol. The van der Waals surface area contributed by atoms with Crippen LogP contribution in [0.25, 0.3) is 27.4 Å². The molecule has 1 fully saturated rings. The molecule has 4 aromatic rings. The Kier molecular flexibility index (Phi) is 7.56. The number of hydrogen-bond donors (Lipinski definition) is 3. The van der Waals surface area contributed by atoms with Gasteiger partial charge in [0.2, 0.25) is 0 Å². The van der Waals surface area contributed by atoms with E-state index in [0.717, 1.165) is 90.5 Å². The van der Waals surface area contributed by atoms with Gasteiger partial charge >= 0.3 is 0 Å². The number of unbranched alkanes of at least 4 members (excludes halogenated alkanes) is 2. The first-order valence-corrected chi connectivity index (χ1v) is 12.7. The summed E-state index contributed by atoms with van der Waals surface area (Å²) in [5.41, 5.74) is 6.26. The predicted molar refractivity (Wildman–Crippen MR) is 145 cm³/mol. The highest BCUT2D eigenvalue weighted by atomic mass is 15.0. The van der Waals surface area contributed by atoms with E-state index in [1.54, 1.807) is 0 Å². The number of imidazole rings is 2. The molecule has 5 rings (SSSR count). The zero-order valence-electron chi connectivity index (χ0n) is 20.4. The van der Waals surface area contributed by atoms with Crippen LogP contribution < -0.4 is 5.32 Å². The van der Waals surface area contributed by atoms with Gasteiger partial charge in [0.15, 0.2) is 0 Å². The topological polar surface area (TPSA) is 73.8 Å². The van der Waals surface area contributed by atoms with Crippen LogP contribution in [-0.2, 0) is 6.42 Å². The molecule has 1 aliphatic heterocycles. The molecule has 1 aliphatic rings. The molecule has 0 saturated carbocycles. The van der Waals surface area contributed by atoms with Gasteiger partial charge in [-0.2, -0.15) is 0 Å². The molecule has 2 aromatic heterocycles. The highest BCUT2D eigenvalue weighted by Gasteiger charge is 2.19. The Hall–Kier alpha value is -4.13. The van der Waals surface area contributed by atoms with E-state index >= 15 is 0 Å². The molecule has 1 unspecified atom stereocenters. The lowest BCUT2D eigenvalue weighted by Crippen LogP contribution is -2.14. The molecule has 3 N–H and O–H groups in total. The molecular formula is C30H31N6+. The fourth-order valence-corrected chi connectivity index (χ4v) is 4.50. The van der Waals surface area contributed by atoms with Crippen molar-refractivity contribution in [3.63, 3.8) is 0 Å². The van der Waals surface area contributed by atoms with Crippen LogP contribution in [0, 0.1) is 18.4 Å². The number of aromatic nitrogens is 4. The van der Waals surface area contributed by atoms with Crippen LogP contribution in [0.2, 0.25) is 0 Å². The number of benzene rings is 2. The molecule has 0 radical (unpaired) electrons. The summed E-state index contributed by atoms with van der Waals surface area (Å²) in [5, 5.41) is 3.48. The second-order valence-electron chi connectivity index (χ2n) is 9.20. The van der Waals surface area contributed by atoms with Gasteiger partial charge in [-0.25, -0.2) is 9.97 Å². The fraction of sp³-hybridized carbons (Fsp3) is 0.300. The molecule has 1 atom stereocenters. The summed E-state index contributed by atoms with van der Waals surface area (Å²) in [6.45, 7) is 6.98. The Labute approximate surface area is 212 Å². The summed E-state index contributed by atoms with van der Waals surface area (Å²) in [6.07, 6.45) is 10.3. The van der Waals surface area contributed by atoms with E-state index in [9.17, 15) is 0 Å². The molecule has 0 bridgehead atoms. The molecule has 36 heavy (non-hydrogen) atoms. The number of nitrogens with zero attached hydrogens (tertiary/aromatic N) is 3. The van der Waals surface area contributed by atoms with Crippen LogP contribution in [-0.4, -0.2) is 33.0 Å². The Morgan fingerprint density at radius 2 is 1.50 bits per heavy atom. The van der Waals surface area contributed by atoms with Crippen LogP contribution in [0.4, 0.5) is 0 Å². The van der Waals surface area contributed by atoms with Gasteiger partial charge in [-0.15, -0.1) is 0 Å². The fourth-order valence-electron chi connectivity index (χ4n) is 4.50. The molecule has 6 heteroatoms. The van der Waals surface area contributed by atoms with E-state index in [1.165, 1.54) is 6.42 Å². The SMILES string of the molecule is C#[N+]CCCCCc1ncc(-c2ccc(C#Cc3ccc(-c4cnc(C5CCCN5)[nH]4)cc3)cc2)[nH]1. The number of aromatic amines is 2. The third-order valence-electron chi connectivity index (χ3n) is 6.56. The first-order chi connectivity index (χ1) is 17.8. The lowest BCUT2D eigenvalue weighted by Gasteiger charge is -2.05. The van der Waals surface area contributed by atoms with Crippen molar-refractivity contribution in [2.45, 2.75) is 44.6 Å². The van der Waals surface area contributed by atoms with Crippen molar-refractivity contribution in [3.05, 3.63) is 88.5 Å². The lowest BCUT2D eigenvalue weighted by molar-refractivity contribution is 0.613. The Morgan fingerprint density at radius 3 is 2.14 bits per heavy atom. The zero-order valence-corrected chi connectivity index (χ0v) is 20.4. The average Bonchev–Trinajstić information content (AvgIpc) is 3.70. The maximum atomic E-state index is 5.18. The van der Waals surface area contributed by atoms with Crippen molar-refractivity contribution in [2.24, 2.45) is 0 Å². The summed E-state index contributed by atoms with van der Waals surface area (Å²) in [7, 11) is 0. The molecule has 3 heterocycles. The molecule has 180 valence electrons. The van der Waals surface area contributed by atoms with Crippen molar-refractivity contribution in [1.29, 1.82) is 0 Å². The van der Waals surface area contributed by atoms with E-state index in [0.29, 0.717) is 6.04 Å². The highest BCUT2D eigenvalue weighted by molar-refractivity contribution is 5.62. The van der Waals surface area contributed by atoms with E-state index in [2.05, 4.69) is 90.5 Å². The maximum Gasteiger partial charge on any atom is 0.263 e. The molecule has 0 spiro atoms. The van der Waals surface area contributed by atoms with Gasteiger partial charge in [-0.05, 0) is 67.6 Å². The number of aryl methyl sites for hydroxylation is 1. The number of hydrogen-bond acceptors (Lipinski definition) is 3. The van der Waals surface area contributed by atoms with Gasteiger partial charge in [-0.1, -0.05) is 41.0 Å². The third-order valence-corrected chi connectivity index (χ3v) is 6.56. The van der Waals surface area contributed by atoms with E-state index in [4.69, 9.17) is 6.57 Å². The van der Waals surface area contributed by atoms with Crippen LogP contribution in [0.5, 0.6) is 0 Å². The van der Waals surface area contributed by atoms with Gasteiger partial charge in [0.05, 0.1) is 29.8 Å². The third kappa shape index (κ3) is 5.92. The first kappa shape index (κ1) is 23.6. The summed E-state index contributed by atoms with van der Waals surface area (Å²) in [4.78, 5) is 19.6. The van der Waals surface area contributed by atoms with Crippen LogP contribution >= 0.6 is 0 Å². The largest absolute Gasteiger partial charge is 0.342 e. The molecular weight excluding hydrogens is 444 g/mol. The Balaban J connectivity index is 1.17. The van der Waals surface area contributed by atoms with Crippen molar-refractivity contribution in [2.75, 3.05) is 13.1 Å². The standard InChI is InChI=1S/C30H31N6/c1-31-18-4-2-3-7-29-33-20-27(35-29)24-14-10-22(11-15-24)8-9-23-12-16-25(17-13-23)28-21-34-30(36-28)26-6-5-19-32-26/h1,10-17,20-21,26,32H,2-7,18-19H2,(H,33,35)(H,34,36)/q+1. The predicted octanol–water partition coefficient (Wildman–Crippen LogP) is 5.97. The van der Waals surface area contributed by atoms with Crippen molar-refractivity contribution in [1.82, 2.24) is 25.3 Å². The molecule has 2 aromatic carbocycles. The second-order valence-corrected chi connectivity index (χ2v) is 9.20. The Bertz CT molecular complexity index is 1370. The van der Waals surface area contributed by atoms with Gasteiger partial charge < -0.3 is 15.3 Å². The minimum absolute atomic E-state index is 0.346. The molecule has 6 nitrogen and oxygen atoms in total. The molecule has 0 aliphatic carbocycles. The quantitative estimate of drug-likeness (QED) is 0.217.